The van der Waals surface area contributed by atoms with Gasteiger partial charge in [-0.15, -0.1) is 0 Å². The fourth-order valence-electron chi connectivity index (χ4n) is 4.34. The van der Waals surface area contributed by atoms with Gasteiger partial charge in [-0.1, -0.05) is 54.6 Å². The smallest absolute Gasteiger partial charge is 0.259 e. The van der Waals surface area contributed by atoms with Crippen molar-refractivity contribution < 1.29 is 14.4 Å². The Morgan fingerprint density at radius 3 is 2.33 bits per heavy atom. The van der Waals surface area contributed by atoms with Crippen molar-refractivity contribution in [2.24, 2.45) is 0 Å². The monoisotopic (exact) mass is 443 g/mol. The van der Waals surface area contributed by atoms with E-state index in [-0.39, 0.29) is 30.3 Å². The first kappa shape index (κ1) is 22.5. The number of carbonyl (C=O) groups is 3. The zero-order valence-electron chi connectivity index (χ0n) is 19.2. The highest BCUT2D eigenvalue weighted by atomic mass is 16.2. The predicted molar refractivity (Wildman–Crippen MR) is 130 cm³/mol. The third kappa shape index (κ3) is 4.60. The Morgan fingerprint density at radius 1 is 0.939 bits per heavy atom. The zero-order valence-corrected chi connectivity index (χ0v) is 19.2. The maximum Gasteiger partial charge on any atom is 0.259 e. The summed E-state index contributed by atoms with van der Waals surface area (Å²) in [6.07, 6.45) is 0.621. The second-order valence-electron chi connectivity index (χ2n) is 8.73. The van der Waals surface area contributed by atoms with E-state index >= 15 is 0 Å². The summed E-state index contributed by atoms with van der Waals surface area (Å²) in [6.45, 7) is 5.79. The molecule has 1 N–H and O–H groups in total. The van der Waals surface area contributed by atoms with Gasteiger partial charge in [0.1, 0.15) is 12.6 Å². The van der Waals surface area contributed by atoms with Gasteiger partial charge in [0.05, 0.1) is 5.69 Å². The molecule has 1 aliphatic rings. The quantitative estimate of drug-likeness (QED) is 0.576. The molecule has 0 aromatic heterocycles. The maximum absolute atomic E-state index is 13.5. The van der Waals surface area contributed by atoms with E-state index in [1.807, 2.05) is 74.5 Å². The molecular weight excluding hydrogens is 414 g/mol. The van der Waals surface area contributed by atoms with Crippen molar-refractivity contribution in [1.82, 2.24) is 10.2 Å². The Morgan fingerprint density at radius 2 is 1.64 bits per heavy atom. The second kappa shape index (κ2) is 9.45. The lowest BCUT2D eigenvalue weighted by molar-refractivity contribution is -0.139. The van der Waals surface area contributed by atoms with Crippen LogP contribution in [0.25, 0.3) is 10.8 Å². The molecule has 6 nitrogen and oxygen atoms in total. The molecule has 0 radical (unpaired) electrons. The number of rotatable bonds is 8. The molecule has 3 amide bonds. The average Bonchev–Trinajstić information content (AvgIpc) is 3.07. The van der Waals surface area contributed by atoms with Crippen molar-refractivity contribution >= 4 is 34.2 Å². The lowest BCUT2D eigenvalue weighted by Crippen LogP contribution is -2.52. The van der Waals surface area contributed by atoms with Gasteiger partial charge in [-0.3, -0.25) is 19.3 Å². The molecule has 4 rings (SSSR count). The largest absolute Gasteiger partial charge is 0.352 e. The Bertz CT molecular complexity index is 1180. The lowest BCUT2D eigenvalue weighted by Gasteiger charge is -2.31. The third-order valence-corrected chi connectivity index (χ3v) is 6.02. The Kier molecular flexibility index (Phi) is 6.45. The third-order valence-electron chi connectivity index (χ3n) is 6.02. The van der Waals surface area contributed by atoms with E-state index in [1.165, 1.54) is 4.90 Å². The topological polar surface area (TPSA) is 69.7 Å². The van der Waals surface area contributed by atoms with Crippen LogP contribution in [-0.4, -0.2) is 47.8 Å². The van der Waals surface area contributed by atoms with Gasteiger partial charge in [0.25, 0.3) is 5.91 Å². The van der Waals surface area contributed by atoms with Gasteiger partial charge in [0.15, 0.2) is 0 Å². The minimum Gasteiger partial charge on any atom is -0.352 e. The highest BCUT2D eigenvalue weighted by Crippen LogP contribution is 2.37. The Labute approximate surface area is 194 Å². The minimum atomic E-state index is -0.653. The van der Waals surface area contributed by atoms with Crippen LogP contribution in [0.3, 0.4) is 0 Å². The number of amides is 3. The van der Waals surface area contributed by atoms with E-state index < -0.39 is 6.04 Å². The number of carbonyl (C=O) groups excluding carboxylic acids is 3. The van der Waals surface area contributed by atoms with Crippen molar-refractivity contribution in [3.05, 3.63) is 77.9 Å². The van der Waals surface area contributed by atoms with E-state index in [9.17, 15) is 14.4 Å². The van der Waals surface area contributed by atoms with Gasteiger partial charge < -0.3 is 10.2 Å². The molecule has 6 heteroatoms. The molecular formula is C27H29N3O3. The van der Waals surface area contributed by atoms with Crippen molar-refractivity contribution in [1.29, 1.82) is 0 Å². The fourth-order valence-corrected chi connectivity index (χ4v) is 4.34. The summed E-state index contributed by atoms with van der Waals surface area (Å²) in [6, 6.07) is 20.5. The van der Waals surface area contributed by atoms with Crippen molar-refractivity contribution in [2.75, 3.05) is 18.0 Å². The first-order chi connectivity index (χ1) is 15.9. The van der Waals surface area contributed by atoms with E-state index in [0.717, 1.165) is 22.0 Å². The SMILES string of the molecule is CC(C)NC(=O)[C@@H](C)N(CCc1ccccc1)C(=O)CN1C(=O)c2cccc3cccc1c23. The summed E-state index contributed by atoms with van der Waals surface area (Å²) in [4.78, 5) is 42.5. The van der Waals surface area contributed by atoms with Gasteiger partial charge in [-0.2, -0.15) is 0 Å². The molecule has 1 aliphatic heterocycles. The van der Waals surface area contributed by atoms with Crippen LogP contribution >= 0.6 is 0 Å². The summed E-state index contributed by atoms with van der Waals surface area (Å²) in [5.74, 6) is -0.641. The standard InChI is InChI=1S/C27H29N3O3/c1-18(2)28-26(32)19(3)29(16-15-20-9-5-4-6-10-20)24(31)17-30-23-14-8-12-21-11-7-13-22(25(21)23)27(30)33/h4-14,18-19H,15-17H2,1-3H3,(H,28,32)/t19-/m1/s1. The van der Waals surface area contributed by atoms with Crippen LogP contribution in [0.1, 0.15) is 36.7 Å². The summed E-state index contributed by atoms with van der Waals surface area (Å²) in [5.41, 5.74) is 2.43. The summed E-state index contributed by atoms with van der Waals surface area (Å²) < 4.78 is 0. The summed E-state index contributed by atoms with van der Waals surface area (Å²) in [5, 5.41) is 4.74. The van der Waals surface area contributed by atoms with Gasteiger partial charge in [0, 0.05) is 23.5 Å². The molecule has 170 valence electrons. The Balaban J connectivity index is 1.58. The molecule has 0 spiro atoms. The number of nitrogens with zero attached hydrogens (tertiary/aromatic N) is 2. The molecule has 0 saturated heterocycles. The highest BCUT2D eigenvalue weighted by Gasteiger charge is 2.34. The zero-order chi connectivity index (χ0) is 23.5. The van der Waals surface area contributed by atoms with Gasteiger partial charge in [0.2, 0.25) is 11.8 Å². The van der Waals surface area contributed by atoms with Crippen molar-refractivity contribution in [3.63, 3.8) is 0 Å². The first-order valence-corrected chi connectivity index (χ1v) is 11.3. The van der Waals surface area contributed by atoms with Crippen molar-refractivity contribution in [2.45, 2.75) is 39.3 Å². The number of anilines is 1. The molecule has 1 atom stereocenters. The summed E-state index contributed by atoms with van der Waals surface area (Å²) in [7, 11) is 0. The molecule has 0 bridgehead atoms. The van der Waals surface area contributed by atoms with E-state index in [4.69, 9.17) is 0 Å². The van der Waals surface area contributed by atoms with Crippen LogP contribution in [-0.2, 0) is 16.0 Å². The van der Waals surface area contributed by atoms with E-state index in [0.29, 0.717) is 18.5 Å². The number of nitrogens with one attached hydrogen (secondary N) is 1. The molecule has 1 heterocycles. The Hall–Kier alpha value is -3.67. The number of benzene rings is 3. The van der Waals surface area contributed by atoms with Crippen LogP contribution in [0.2, 0.25) is 0 Å². The molecule has 3 aromatic carbocycles. The predicted octanol–water partition coefficient (Wildman–Crippen LogP) is 3.78. The van der Waals surface area contributed by atoms with Crippen molar-refractivity contribution in [3.8, 4) is 0 Å². The minimum absolute atomic E-state index is 0.0294. The summed E-state index contributed by atoms with van der Waals surface area (Å²) >= 11 is 0. The second-order valence-corrected chi connectivity index (χ2v) is 8.73. The lowest BCUT2D eigenvalue weighted by atomic mass is 10.1. The normalized spacial score (nSPS) is 13.5. The van der Waals surface area contributed by atoms with Crippen LogP contribution in [0.15, 0.2) is 66.7 Å². The van der Waals surface area contributed by atoms with Gasteiger partial charge >= 0.3 is 0 Å². The van der Waals surface area contributed by atoms with Crippen LogP contribution in [0, 0.1) is 0 Å². The molecule has 0 saturated carbocycles. The number of hydrogen-bond donors (Lipinski definition) is 1. The molecule has 0 unspecified atom stereocenters. The van der Waals surface area contributed by atoms with Crippen LogP contribution in [0.5, 0.6) is 0 Å². The fraction of sp³-hybridized carbons (Fsp3) is 0.296. The molecule has 33 heavy (non-hydrogen) atoms. The molecule has 3 aromatic rings. The van der Waals surface area contributed by atoms with Gasteiger partial charge in [-0.25, -0.2) is 0 Å². The molecule has 0 aliphatic carbocycles. The van der Waals surface area contributed by atoms with E-state index in [1.54, 1.807) is 17.9 Å². The average molecular weight is 444 g/mol. The van der Waals surface area contributed by atoms with Gasteiger partial charge in [-0.05, 0) is 50.3 Å². The number of hydrogen-bond acceptors (Lipinski definition) is 3. The maximum atomic E-state index is 13.5. The first-order valence-electron chi connectivity index (χ1n) is 11.3. The van der Waals surface area contributed by atoms with Crippen LogP contribution < -0.4 is 10.2 Å². The van der Waals surface area contributed by atoms with E-state index in [2.05, 4.69) is 5.32 Å². The highest BCUT2D eigenvalue weighted by molar-refractivity contribution is 6.26. The molecule has 0 fully saturated rings. The van der Waals surface area contributed by atoms with Crippen LogP contribution in [0.4, 0.5) is 5.69 Å².